The molecule has 25 heavy (non-hydrogen) atoms. The molecule has 3 aromatic rings. The van der Waals surface area contributed by atoms with Crippen molar-refractivity contribution < 1.29 is 9.90 Å². The molecule has 3 rings (SSSR count). The predicted molar refractivity (Wildman–Crippen MR) is 101 cm³/mol. The number of Topliss-reactive ketones (excluding diaryl/α,β-unsaturated/α-hetero) is 1. The monoisotopic (exact) mass is 328 g/mol. The quantitative estimate of drug-likeness (QED) is 0.478. The Bertz CT molecular complexity index is 824. The molecule has 0 aromatic heterocycles. The van der Waals surface area contributed by atoms with Gasteiger partial charge in [-0.3, -0.25) is 4.79 Å². The lowest BCUT2D eigenvalue weighted by molar-refractivity contribution is 0.0952. The Morgan fingerprint density at radius 2 is 1.20 bits per heavy atom. The van der Waals surface area contributed by atoms with Gasteiger partial charge in [0.2, 0.25) is 0 Å². The molecular formula is C23H20O2. The van der Waals surface area contributed by atoms with Crippen molar-refractivity contribution in [3.8, 4) is 0 Å². The van der Waals surface area contributed by atoms with Crippen LogP contribution in [0, 0.1) is 0 Å². The molecule has 2 nitrogen and oxygen atoms in total. The van der Waals surface area contributed by atoms with Gasteiger partial charge in [0.25, 0.3) is 0 Å². The van der Waals surface area contributed by atoms with Gasteiger partial charge in [-0.1, -0.05) is 91.0 Å². The van der Waals surface area contributed by atoms with E-state index in [4.69, 9.17) is 0 Å². The van der Waals surface area contributed by atoms with Crippen LogP contribution in [0.4, 0.5) is 0 Å². The summed E-state index contributed by atoms with van der Waals surface area (Å²) in [6, 6.07) is 28.9. The lowest BCUT2D eigenvalue weighted by Crippen LogP contribution is -2.20. The maximum absolute atomic E-state index is 13.3. The lowest BCUT2D eigenvalue weighted by Gasteiger charge is -2.24. The molecule has 0 amide bonds. The van der Waals surface area contributed by atoms with Crippen LogP contribution < -0.4 is 0 Å². The zero-order valence-electron chi connectivity index (χ0n) is 13.8. The summed E-state index contributed by atoms with van der Waals surface area (Å²) in [6.07, 6.45) is 2.72. The highest BCUT2D eigenvalue weighted by atomic mass is 16.2. The summed E-state index contributed by atoms with van der Waals surface area (Å²) in [5, 5.41) is 9.45. The minimum atomic E-state index is -0.408. The number of carbonyl (C=O) groups is 1. The Hall–Kier alpha value is -3.13. The number of aliphatic hydroxyl groups excluding tert-OH is 1. The molecule has 2 atom stereocenters. The molecule has 0 saturated heterocycles. The predicted octanol–water partition coefficient (Wildman–Crippen LogP) is 5.51. The van der Waals surface area contributed by atoms with E-state index in [9.17, 15) is 9.90 Å². The zero-order chi connectivity index (χ0) is 17.5. The van der Waals surface area contributed by atoms with Crippen molar-refractivity contribution in [2.75, 3.05) is 0 Å². The third-order valence-electron chi connectivity index (χ3n) is 4.34. The van der Waals surface area contributed by atoms with Crippen molar-refractivity contribution in [2.45, 2.75) is 11.8 Å². The largest absolute Gasteiger partial charge is 0.516 e. The first kappa shape index (κ1) is 16.7. The molecule has 0 heterocycles. The highest BCUT2D eigenvalue weighted by molar-refractivity contribution is 6.01. The highest BCUT2D eigenvalue weighted by Crippen LogP contribution is 2.36. The van der Waals surface area contributed by atoms with E-state index in [1.54, 1.807) is 6.08 Å². The van der Waals surface area contributed by atoms with E-state index in [1.807, 2.05) is 91.0 Å². The van der Waals surface area contributed by atoms with Gasteiger partial charge in [0.15, 0.2) is 5.78 Å². The number of hydrogen-bond acceptors (Lipinski definition) is 2. The van der Waals surface area contributed by atoms with E-state index in [1.165, 1.54) is 0 Å². The number of hydrogen-bond donors (Lipinski definition) is 1. The van der Waals surface area contributed by atoms with Crippen LogP contribution in [0.1, 0.15) is 33.3 Å². The molecule has 124 valence electrons. The van der Waals surface area contributed by atoms with Gasteiger partial charge in [0.05, 0.1) is 12.2 Å². The molecule has 1 N–H and O–H groups in total. The Morgan fingerprint density at radius 3 is 1.72 bits per heavy atom. The highest BCUT2D eigenvalue weighted by Gasteiger charge is 2.30. The molecule has 3 aromatic carbocycles. The van der Waals surface area contributed by atoms with E-state index in [2.05, 4.69) is 0 Å². The molecule has 0 bridgehead atoms. The summed E-state index contributed by atoms with van der Waals surface area (Å²) in [5.41, 5.74) is 2.60. The number of aliphatic hydroxyl groups is 1. The number of rotatable bonds is 6. The molecule has 0 spiro atoms. The standard InChI is InChI=1S/C23H20O2/c24-17-16-21(18-10-4-1-5-11-18)22(19-12-6-2-7-13-19)23(25)20-14-8-3-9-15-20/h1-17,21-22,24H/b17-16+/t21-,22+/m1/s1. The zero-order valence-corrected chi connectivity index (χ0v) is 13.8. The summed E-state index contributed by atoms with van der Waals surface area (Å²) >= 11 is 0. The van der Waals surface area contributed by atoms with Gasteiger partial charge in [0, 0.05) is 11.5 Å². The van der Waals surface area contributed by atoms with Crippen molar-refractivity contribution in [3.63, 3.8) is 0 Å². The smallest absolute Gasteiger partial charge is 0.171 e. The Morgan fingerprint density at radius 1 is 0.720 bits per heavy atom. The first-order chi connectivity index (χ1) is 12.3. The average Bonchev–Trinajstić information content (AvgIpc) is 2.69. The fourth-order valence-electron chi connectivity index (χ4n) is 3.15. The molecule has 0 aliphatic rings. The summed E-state index contributed by atoms with van der Waals surface area (Å²) in [6.45, 7) is 0. The number of carbonyl (C=O) groups excluding carboxylic acids is 1. The Labute approximate surface area is 148 Å². The topological polar surface area (TPSA) is 37.3 Å². The number of allylic oxidation sites excluding steroid dienone is 1. The maximum Gasteiger partial charge on any atom is 0.171 e. The first-order valence-electron chi connectivity index (χ1n) is 8.31. The van der Waals surface area contributed by atoms with Gasteiger partial charge < -0.3 is 5.11 Å². The molecule has 0 aliphatic heterocycles. The second kappa shape index (κ2) is 8.11. The van der Waals surface area contributed by atoms with Crippen LogP contribution in [0.3, 0.4) is 0 Å². The van der Waals surface area contributed by atoms with E-state index in [0.29, 0.717) is 5.56 Å². The molecule has 0 aliphatic carbocycles. The minimum Gasteiger partial charge on any atom is -0.516 e. The number of benzene rings is 3. The van der Waals surface area contributed by atoms with Crippen molar-refractivity contribution in [1.29, 1.82) is 0 Å². The first-order valence-corrected chi connectivity index (χ1v) is 8.31. The average molecular weight is 328 g/mol. The second-order valence-corrected chi connectivity index (χ2v) is 5.90. The normalized spacial score (nSPS) is 13.4. The van der Waals surface area contributed by atoms with Crippen LogP contribution in [0.5, 0.6) is 0 Å². The number of ketones is 1. The molecular weight excluding hydrogens is 308 g/mol. The van der Waals surface area contributed by atoms with E-state index < -0.39 is 5.92 Å². The lowest BCUT2D eigenvalue weighted by atomic mass is 9.77. The van der Waals surface area contributed by atoms with Crippen molar-refractivity contribution in [2.24, 2.45) is 0 Å². The summed E-state index contributed by atoms with van der Waals surface area (Å²) in [4.78, 5) is 13.3. The fraction of sp³-hybridized carbons (Fsp3) is 0.0870. The summed E-state index contributed by atoms with van der Waals surface area (Å²) < 4.78 is 0. The van der Waals surface area contributed by atoms with E-state index in [-0.39, 0.29) is 11.7 Å². The third-order valence-corrected chi connectivity index (χ3v) is 4.34. The van der Waals surface area contributed by atoms with Crippen LogP contribution >= 0.6 is 0 Å². The molecule has 0 saturated carbocycles. The van der Waals surface area contributed by atoms with Gasteiger partial charge >= 0.3 is 0 Å². The van der Waals surface area contributed by atoms with Crippen LogP contribution in [0.25, 0.3) is 0 Å². The van der Waals surface area contributed by atoms with Crippen molar-refractivity contribution in [1.82, 2.24) is 0 Å². The van der Waals surface area contributed by atoms with Crippen LogP contribution in [0.2, 0.25) is 0 Å². The second-order valence-electron chi connectivity index (χ2n) is 5.90. The minimum absolute atomic E-state index is 0.0405. The van der Waals surface area contributed by atoms with Gasteiger partial charge in [-0.15, -0.1) is 0 Å². The van der Waals surface area contributed by atoms with Crippen LogP contribution in [-0.2, 0) is 0 Å². The van der Waals surface area contributed by atoms with Crippen molar-refractivity contribution >= 4 is 5.78 Å². The molecule has 0 radical (unpaired) electrons. The molecule has 2 heteroatoms. The maximum atomic E-state index is 13.3. The molecule has 0 unspecified atom stereocenters. The van der Waals surface area contributed by atoms with Gasteiger partial charge in [-0.25, -0.2) is 0 Å². The van der Waals surface area contributed by atoms with E-state index >= 15 is 0 Å². The Kier molecular flexibility index (Phi) is 5.43. The van der Waals surface area contributed by atoms with Crippen LogP contribution in [-0.4, -0.2) is 10.9 Å². The third kappa shape index (κ3) is 3.86. The van der Waals surface area contributed by atoms with Crippen LogP contribution in [0.15, 0.2) is 103 Å². The van der Waals surface area contributed by atoms with Gasteiger partial charge in [-0.2, -0.15) is 0 Å². The van der Waals surface area contributed by atoms with Crippen molar-refractivity contribution in [3.05, 3.63) is 120 Å². The SMILES string of the molecule is O=C(c1ccccc1)[C@@H](c1ccccc1)[C@H](/C=C/O)c1ccccc1. The Balaban J connectivity index is 2.11. The van der Waals surface area contributed by atoms with E-state index in [0.717, 1.165) is 17.4 Å². The summed E-state index contributed by atoms with van der Waals surface area (Å²) in [5.74, 6) is -0.616. The van der Waals surface area contributed by atoms with Gasteiger partial charge in [-0.05, 0) is 17.2 Å². The summed E-state index contributed by atoms with van der Waals surface area (Å²) in [7, 11) is 0. The van der Waals surface area contributed by atoms with Gasteiger partial charge in [0.1, 0.15) is 0 Å². The fourth-order valence-corrected chi connectivity index (χ4v) is 3.15. The molecule has 0 fully saturated rings.